The molecule has 0 spiro atoms. The smallest absolute Gasteiger partial charge is 0.101 e. The van der Waals surface area contributed by atoms with Crippen molar-refractivity contribution in [2.45, 2.75) is 12.5 Å². The van der Waals surface area contributed by atoms with Gasteiger partial charge in [-0.15, -0.1) is 0 Å². The summed E-state index contributed by atoms with van der Waals surface area (Å²) in [6.07, 6.45) is 3.27. The zero-order valence-corrected chi connectivity index (χ0v) is 12.1. The predicted octanol–water partition coefficient (Wildman–Crippen LogP) is 4.99. The highest BCUT2D eigenvalue weighted by atomic mass is 79.9. The summed E-state index contributed by atoms with van der Waals surface area (Å²) in [7, 11) is 0. The maximum Gasteiger partial charge on any atom is 0.101 e. The highest BCUT2D eigenvalue weighted by Crippen LogP contribution is 2.31. The Hall–Kier alpha value is -1.38. The van der Waals surface area contributed by atoms with Gasteiger partial charge in [-0.25, -0.2) is 0 Å². The summed E-state index contributed by atoms with van der Waals surface area (Å²) in [6, 6.07) is 18.9. The quantitative estimate of drug-likeness (QED) is 0.758. The van der Waals surface area contributed by atoms with Gasteiger partial charge in [0, 0.05) is 4.47 Å². The van der Waals surface area contributed by atoms with Crippen molar-refractivity contribution in [3.05, 3.63) is 76.3 Å². The number of benzene rings is 2. The maximum atomic E-state index is 5.87. The minimum atomic E-state index is 0.0569. The van der Waals surface area contributed by atoms with Gasteiger partial charge in [-0.1, -0.05) is 58.4 Å². The van der Waals surface area contributed by atoms with Gasteiger partial charge in [0.05, 0.1) is 6.61 Å². The molecule has 0 saturated heterocycles. The van der Waals surface area contributed by atoms with E-state index in [0.29, 0.717) is 0 Å². The lowest BCUT2D eigenvalue weighted by molar-refractivity contribution is 0.0827. The molecular weight excluding hydrogens is 300 g/mol. The molecule has 2 heteroatoms. The van der Waals surface area contributed by atoms with Crippen LogP contribution >= 0.6 is 15.9 Å². The van der Waals surface area contributed by atoms with Crippen LogP contribution in [-0.4, -0.2) is 6.61 Å². The van der Waals surface area contributed by atoms with Crippen LogP contribution in [0.15, 0.2) is 65.1 Å². The van der Waals surface area contributed by atoms with Gasteiger partial charge in [0.25, 0.3) is 0 Å². The second-order valence-corrected chi connectivity index (χ2v) is 5.57. The maximum absolute atomic E-state index is 5.87. The molecule has 0 saturated carbocycles. The molecule has 2 aromatic carbocycles. The lowest BCUT2D eigenvalue weighted by atomic mass is 9.97. The monoisotopic (exact) mass is 314 g/mol. The van der Waals surface area contributed by atoms with Crippen molar-refractivity contribution in [2.75, 3.05) is 6.61 Å². The molecule has 0 radical (unpaired) electrons. The van der Waals surface area contributed by atoms with Crippen molar-refractivity contribution in [1.82, 2.24) is 0 Å². The molecule has 1 unspecified atom stereocenters. The summed E-state index contributed by atoms with van der Waals surface area (Å²) in [4.78, 5) is 0. The van der Waals surface area contributed by atoms with E-state index >= 15 is 0 Å². The molecule has 0 aliphatic carbocycles. The van der Waals surface area contributed by atoms with Gasteiger partial charge in [-0.3, -0.25) is 0 Å². The molecule has 0 amide bonds. The minimum Gasteiger partial charge on any atom is -0.369 e. The van der Waals surface area contributed by atoms with E-state index in [1.165, 1.54) is 16.7 Å². The number of halogens is 1. The topological polar surface area (TPSA) is 9.23 Å². The van der Waals surface area contributed by atoms with E-state index in [2.05, 4.69) is 64.5 Å². The largest absolute Gasteiger partial charge is 0.369 e. The molecule has 3 rings (SSSR count). The summed E-state index contributed by atoms with van der Waals surface area (Å²) in [5.41, 5.74) is 3.87. The highest BCUT2D eigenvalue weighted by molar-refractivity contribution is 9.10. The minimum absolute atomic E-state index is 0.0569. The van der Waals surface area contributed by atoms with Gasteiger partial charge in [0.2, 0.25) is 0 Å². The summed E-state index contributed by atoms with van der Waals surface area (Å²) in [5.74, 6) is 0. The highest BCUT2D eigenvalue weighted by Gasteiger charge is 2.16. The standard InChI is InChI=1S/C17H15BrO/c18-16-8-4-7-15(11-16)17-12-14(9-10-19-17)13-5-2-1-3-6-13/h1-8,11-12,17H,9-10H2. The lowest BCUT2D eigenvalue weighted by Gasteiger charge is -2.23. The average Bonchev–Trinajstić information content (AvgIpc) is 2.48. The molecule has 1 atom stereocenters. The van der Waals surface area contributed by atoms with Crippen molar-refractivity contribution in [3.63, 3.8) is 0 Å². The van der Waals surface area contributed by atoms with Crippen LogP contribution in [-0.2, 0) is 4.74 Å². The van der Waals surface area contributed by atoms with E-state index in [0.717, 1.165) is 17.5 Å². The molecule has 0 N–H and O–H groups in total. The van der Waals surface area contributed by atoms with Crippen LogP contribution < -0.4 is 0 Å². The zero-order valence-electron chi connectivity index (χ0n) is 10.6. The fourth-order valence-electron chi connectivity index (χ4n) is 2.38. The van der Waals surface area contributed by atoms with Crippen molar-refractivity contribution in [2.24, 2.45) is 0 Å². The van der Waals surface area contributed by atoms with Crippen LogP contribution in [0.4, 0.5) is 0 Å². The van der Waals surface area contributed by atoms with Crippen LogP contribution in [0.2, 0.25) is 0 Å². The summed E-state index contributed by atoms with van der Waals surface area (Å²) >= 11 is 3.51. The lowest BCUT2D eigenvalue weighted by Crippen LogP contribution is -2.10. The Morgan fingerprint density at radius 1 is 1.00 bits per heavy atom. The van der Waals surface area contributed by atoms with Gasteiger partial charge in [-0.2, -0.15) is 0 Å². The Kier molecular flexibility index (Phi) is 3.81. The first-order valence-corrected chi connectivity index (χ1v) is 7.25. The van der Waals surface area contributed by atoms with Crippen molar-refractivity contribution in [1.29, 1.82) is 0 Å². The Labute approximate surface area is 122 Å². The molecule has 0 fully saturated rings. The zero-order chi connectivity index (χ0) is 13.1. The van der Waals surface area contributed by atoms with E-state index in [-0.39, 0.29) is 6.10 Å². The summed E-state index contributed by atoms with van der Waals surface area (Å²) in [6.45, 7) is 0.776. The summed E-state index contributed by atoms with van der Waals surface area (Å²) < 4.78 is 6.97. The molecule has 1 aliphatic rings. The molecule has 0 bridgehead atoms. The third-order valence-corrected chi connectivity index (χ3v) is 3.84. The fourth-order valence-corrected chi connectivity index (χ4v) is 2.80. The fraction of sp³-hybridized carbons (Fsp3) is 0.176. The third kappa shape index (κ3) is 2.96. The molecule has 1 heterocycles. The van der Waals surface area contributed by atoms with Gasteiger partial charge in [0.1, 0.15) is 6.10 Å². The van der Waals surface area contributed by atoms with Gasteiger partial charge in [0.15, 0.2) is 0 Å². The number of ether oxygens (including phenoxy) is 1. The van der Waals surface area contributed by atoms with Gasteiger partial charge in [-0.05, 0) is 41.3 Å². The van der Waals surface area contributed by atoms with Crippen LogP contribution in [0.25, 0.3) is 5.57 Å². The van der Waals surface area contributed by atoms with Crippen LogP contribution in [0.3, 0.4) is 0 Å². The van der Waals surface area contributed by atoms with Crippen molar-refractivity contribution >= 4 is 21.5 Å². The SMILES string of the molecule is Brc1cccc(C2C=C(c3ccccc3)CCO2)c1. The predicted molar refractivity (Wildman–Crippen MR) is 81.9 cm³/mol. The van der Waals surface area contributed by atoms with E-state index in [1.54, 1.807) is 0 Å². The van der Waals surface area contributed by atoms with E-state index in [9.17, 15) is 0 Å². The molecule has 0 aromatic heterocycles. The van der Waals surface area contributed by atoms with Crippen LogP contribution in [0.5, 0.6) is 0 Å². The number of hydrogen-bond donors (Lipinski definition) is 0. The van der Waals surface area contributed by atoms with Gasteiger partial charge < -0.3 is 4.74 Å². The number of hydrogen-bond acceptors (Lipinski definition) is 1. The van der Waals surface area contributed by atoms with E-state index in [1.807, 2.05) is 12.1 Å². The second kappa shape index (κ2) is 5.72. The number of rotatable bonds is 2. The normalized spacial score (nSPS) is 19.0. The van der Waals surface area contributed by atoms with Crippen LogP contribution in [0.1, 0.15) is 23.7 Å². The van der Waals surface area contributed by atoms with Crippen LogP contribution in [0, 0.1) is 0 Å². The Morgan fingerprint density at radius 3 is 2.63 bits per heavy atom. The Balaban J connectivity index is 1.92. The van der Waals surface area contributed by atoms with E-state index in [4.69, 9.17) is 4.74 Å². The molecule has 96 valence electrons. The Morgan fingerprint density at radius 2 is 1.84 bits per heavy atom. The molecule has 1 aliphatic heterocycles. The first-order chi connectivity index (χ1) is 9.33. The first-order valence-electron chi connectivity index (χ1n) is 6.46. The average molecular weight is 315 g/mol. The summed E-state index contributed by atoms with van der Waals surface area (Å²) in [5, 5.41) is 0. The second-order valence-electron chi connectivity index (χ2n) is 4.65. The third-order valence-electron chi connectivity index (χ3n) is 3.34. The van der Waals surface area contributed by atoms with Crippen molar-refractivity contribution < 1.29 is 4.74 Å². The Bertz CT molecular complexity index is 589. The van der Waals surface area contributed by atoms with Gasteiger partial charge >= 0.3 is 0 Å². The molecule has 1 nitrogen and oxygen atoms in total. The van der Waals surface area contributed by atoms with Crippen molar-refractivity contribution in [3.8, 4) is 0 Å². The first kappa shape index (κ1) is 12.6. The molecule has 2 aromatic rings. The molecular formula is C17H15BrO. The van der Waals surface area contributed by atoms with E-state index < -0.39 is 0 Å². The molecule has 19 heavy (non-hydrogen) atoms.